The van der Waals surface area contributed by atoms with E-state index in [0.29, 0.717) is 0 Å². The molecular weight excluding hydrogens is 532 g/mol. The summed E-state index contributed by atoms with van der Waals surface area (Å²) in [6.45, 7) is 0. The molecule has 0 radical (unpaired) electrons. The van der Waals surface area contributed by atoms with Crippen LogP contribution in [0.3, 0.4) is 0 Å². The number of hydrogen-bond acceptors (Lipinski definition) is 1. The molecule has 0 bridgehead atoms. The zero-order valence-corrected chi connectivity index (χ0v) is 24.2. The minimum atomic E-state index is 1.06. The average molecular weight is 563 g/mol. The molecule has 8 rings (SSSR count). The number of nitrogens with zero attached hydrogens (tertiary/aromatic N) is 1. The number of anilines is 2. The third kappa shape index (κ3) is 4.73. The van der Waals surface area contributed by atoms with Crippen LogP contribution in [0.2, 0.25) is 0 Å². The Morgan fingerprint density at radius 2 is 0.727 bits per heavy atom. The Bertz CT molecular complexity index is 2150. The molecule has 0 saturated heterocycles. The predicted molar refractivity (Wildman–Crippen MR) is 187 cm³/mol. The Hall–Kier alpha value is -5.86. The van der Waals surface area contributed by atoms with Crippen molar-refractivity contribution >= 4 is 33.2 Å². The molecule has 0 fully saturated rings. The lowest BCUT2D eigenvalue weighted by molar-refractivity contribution is 1.18. The topological polar surface area (TPSA) is 17.0 Å². The second-order valence-electron chi connectivity index (χ2n) is 11.1. The van der Waals surface area contributed by atoms with Crippen LogP contribution >= 0.6 is 0 Å². The van der Waals surface area contributed by atoms with Crippen molar-refractivity contribution in [2.75, 3.05) is 5.32 Å². The van der Waals surface area contributed by atoms with Gasteiger partial charge in [0.25, 0.3) is 0 Å². The van der Waals surface area contributed by atoms with Crippen molar-refractivity contribution in [3.63, 3.8) is 0 Å². The van der Waals surface area contributed by atoms with Crippen molar-refractivity contribution in [3.05, 3.63) is 176 Å². The lowest BCUT2D eigenvalue weighted by Gasteiger charge is -2.13. The lowest BCUT2D eigenvalue weighted by Crippen LogP contribution is -1.94. The van der Waals surface area contributed by atoms with E-state index >= 15 is 0 Å². The van der Waals surface area contributed by atoms with Crippen molar-refractivity contribution in [2.24, 2.45) is 0 Å². The van der Waals surface area contributed by atoms with Gasteiger partial charge in [0.1, 0.15) is 0 Å². The van der Waals surface area contributed by atoms with Gasteiger partial charge in [-0.1, -0.05) is 127 Å². The van der Waals surface area contributed by atoms with E-state index in [1.165, 1.54) is 55.2 Å². The smallest absolute Gasteiger partial charge is 0.0541 e. The van der Waals surface area contributed by atoms with Gasteiger partial charge in [-0.15, -0.1) is 0 Å². The minimum Gasteiger partial charge on any atom is -0.356 e. The lowest BCUT2D eigenvalue weighted by atomic mass is 9.94. The summed E-state index contributed by atoms with van der Waals surface area (Å²) in [5.74, 6) is 0. The highest BCUT2D eigenvalue weighted by molar-refractivity contribution is 6.09. The Balaban J connectivity index is 1.06. The largest absolute Gasteiger partial charge is 0.356 e. The second-order valence-corrected chi connectivity index (χ2v) is 11.1. The SMILES string of the molecule is c1ccc(-c2ccc(Nc3ccc(-c4ccccc4-c4ccc(-n5c6ccccc6c6ccccc65)cc4)cc3)cc2)cc1. The highest BCUT2D eigenvalue weighted by Gasteiger charge is 2.12. The molecule has 8 aromatic rings. The Morgan fingerprint density at radius 1 is 0.318 bits per heavy atom. The number of para-hydroxylation sites is 2. The third-order valence-corrected chi connectivity index (χ3v) is 8.42. The van der Waals surface area contributed by atoms with Crippen LogP contribution < -0.4 is 5.32 Å². The minimum absolute atomic E-state index is 1.06. The highest BCUT2D eigenvalue weighted by Crippen LogP contribution is 2.36. The summed E-state index contributed by atoms with van der Waals surface area (Å²) in [5.41, 5.74) is 13.0. The monoisotopic (exact) mass is 562 g/mol. The molecule has 0 atom stereocenters. The number of nitrogens with one attached hydrogen (secondary N) is 1. The standard InChI is InChI=1S/C42H30N2/c1-2-10-30(11-3-1)31-18-24-34(25-19-31)43-35-26-20-32(21-27-35)37-12-4-5-13-38(37)33-22-28-36(29-23-33)44-41-16-8-6-14-39(41)40-15-7-9-17-42(40)44/h1-29,43H. The molecule has 0 unspecified atom stereocenters. The molecule has 0 aliphatic heterocycles. The van der Waals surface area contributed by atoms with E-state index in [4.69, 9.17) is 0 Å². The van der Waals surface area contributed by atoms with Crippen molar-refractivity contribution in [1.82, 2.24) is 4.57 Å². The van der Waals surface area contributed by atoms with Gasteiger partial charge in [-0.05, 0) is 81.9 Å². The molecule has 7 aromatic carbocycles. The number of hydrogen-bond donors (Lipinski definition) is 1. The van der Waals surface area contributed by atoms with E-state index in [9.17, 15) is 0 Å². The summed E-state index contributed by atoms with van der Waals surface area (Å²) in [7, 11) is 0. The molecule has 1 aromatic heterocycles. The van der Waals surface area contributed by atoms with E-state index in [1.54, 1.807) is 0 Å². The first-order valence-corrected chi connectivity index (χ1v) is 15.0. The van der Waals surface area contributed by atoms with Crippen LogP contribution in [-0.2, 0) is 0 Å². The van der Waals surface area contributed by atoms with Gasteiger partial charge in [0, 0.05) is 27.8 Å². The van der Waals surface area contributed by atoms with E-state index < -0.39 is 0 Å². The zero-order chi connectivity index (χ0) is 29.3. The van der Waals surface area contributed by atoms with Crippen LogP contribution in [0.1, 0.15) is 0 Å². The van der Waals surface area contributed by atoms with Crippen LogP contribution in [-0.4, -0.2) is 4.57 Å². The number of rotatable bonds is 6. The molecule has 0 aliphatic carbocycles. The fourth-order valence-corrected chi connectivity index (χ4v) is 6.25. The van der Waals surface area contributed by atoms with Gasteiger partial charge in [0.2, 0.25) is 0 Å². The molecule has 2 nitrogen and oxygen atoms in total. The molecule has 0 aliphatic rings. The van der Waals surface area contributed by atoms with Gasteiger partial charge in [0.05, 0.1) is 11.0 Å². The Labute approximate surface area is 257 Å². The van der Waals surface area contributed by atoms with Gasteiger partial charge < -0.3 is 9.88 Å². The van der Waals surface area contributed by atoms with Crippen LogP contribution in [0.25, 0.3) is 60.9 Å². The van der Waals surface area contributed by atoms with Crippen LogP contribution in [0.5, 0.6) is 0 Å². The Morgan fingerprint density at radius 3 is 1.27 bits per heavy atom. The fourth-order valence-electron chi connectivity index (χ4n) is 6.25. The van der Waals surface area contributed by atoms with Crippen molar-refractivity contribution in [1.29, 1.82) is 0 Å². The quantitative estimate of drug-likeness (QED) is 0.213. The number of fused-ring (bicyclic) bond motifs is 3. The van der Waals surface area contributed by atoms with Crippen LogP contribution in [0, 0.1) is 0 Å². The predicted octanol–water partition coefficient (Wildman–Crippen LogP) is 11.5. The molecule has 1 N–H and O–H groups in total. The molecule has 0 saturated carbocycles. The maximum atomic E-state index is 3.55. The van der Waals surface area contributed by atoms with E-state index in [1.807, 2.05) is 6.07 Å². The summed E-state index contributed by atoms with van der Waals surface area (Å²) in [6, 6.07) is 62.7. The first-order valence-electron chi connectivity index (χ1n) is 15.0. The summed E-state index contributed by atoms with van der Waals surface area (Å²) in [4.78, 5) is 0. The van der Waals surface area contributed by atoms with Gasteiger partial charge in [-0.25, -0.2) is 0 Å². The van der Waals surface area contributed by atoms with E-state index in [2.05, 4.69) is 180 Å². The molecule has 44 heavy (non-hydrogen) atoms. The van der Waals surface area contributed by atoms with Gasteiger partial charge in [-0.2, -0.15) is 0 Å². The molecule has 0 spiro atoms. The summed E-state index contributed by atoms with van der Waals surface area (Å²) in [6.07, 6.45) is 0. The van der Waals surface area contributed by atoms with Gasteiger partial charge in [-0.3, -0.25) is 0 Å². The normalized spacial score (nSPS) is 11.2. The van der Waals surface area contributed by atoms with Crippen molar-refractivity contribution < 1.29 is 0 Å². The molecule has 208 valence electrons. The Kier molecular flexibility index (Phi) is 6.51. The van der Waals surface area contributed by atoms with Crippen LogP contribution in [0.4, 0.5) is 11.4 Å². The zero-order valence-electron chi connectivity index (χ0n) is 24.2. The summed E-state index contributed by atoms with van der Waals surface area (Å²) >= 11 is 0. The number of benzene rings is 7. The van der Waals surface area contributed by atoms with Crippen molar-refractivity contribution in [2.45, 2.75) is 0 Å². The molecular formula is C42H30N2. The third-order valence-electron chi connectivity index (χ3n) is 8.42. The maximum absolute atomic E-state index is 3.55. The summed E-state index contributed by atoms with van der Waals surface area (Å²) < 4.78 is 2.36. The average Bonchev–Trinajstić information content (AvgIpc) is 3.44. The highest BCUT2D eigenvalue weighted by atomic mass is 15.0. The molecule has 1 heterocycles. The molecule has 0 amide bonds. The van der Waals surface area contributed by atoms with Gasteiger partial charge in [0.15, 0.2) is 0 Å². The van der Waals surface area contributed by atoms with E-state index in [-0.39, 0.29) is 0 Å². The maximum Gasteiger partial charge on any atom is 0.0541 e. The van der Waals surface area contributed by atoms with Crippen LogP contribution in [0.15, 0.2) is 176 Å². The van der Waals surface area contributed by atoms with E-state index in [0.717, 1.165) is 17.1 Å². The number of aromatic nitrogens is 1. The first kappa shape index (κ1) is 25.8. The fraction of sp³-hybridized carbons (Fsp3) is 0. The second kappa shape index (κ2) is 11.1. The van der Waals surface area contributed by atoms with Crippen molar-refractivity contribution in [3.8, 4) is 39.1 Å². The molecule has 2 heteroatoms. The summed E-state index contributed by atoms with van der Waals surface area (Å²) in [5, 5.41) is 6.10. The first-order chi connectivity index (χ1) is 21.8. The van der Waals surface area contributed by atoms with Gasteiger partial charge >= 0.3 is 0 Å².